The first-order valence-electron chi connectivity index (χ1n) is 5.76. The summed E-state index contributed by atoms with van der Waals surface area (Å²) >= 11 is 0. The second-order valence-corrected chi connectivity index (χ2v) is 4.24. The number of nitrogens with two attached hydrogens (primary N) is 1. The van der Waals surface area contributed by atoms with Gasteiger partial charge < -0.3 is 10.8 Å². The molecule has 1 aromatic carbocycles. The van der Waals surface area contributed by atoms with Crippen LogP contribution in [-0.4, -0.2) is 11.2 Å². The monoisotopic (exact) mass is 225 g/mol. The van der Waals surface area contributed by atoms with Crippen molar-refractivity contribution in [3.05, 3.63) is 35.1 Å². The van der Waals surface area contributed by atoms with E-state index in [9.17, 15) is 9.50 Å². The summed E-state index contributed by atoms with van der Waals surface area (Å²) in [7, 11) is 0. The van der Waals surface area contributed by atoms with Crippen LogP contribution in [0, 0.1) is 12.7 Å². The molecule has 0 aliphatic heterocycles. The van der Waals surface area contributed by atoms with E-state index in [1.807, 2.05) is 6.92 Å². The first kappa shape index (κ1) is 13.1. The topological polar surface area (TPSA) is 46.2 Å². The van der Waals surface area contributed by atoms with E-state index in [0.717, 1.165) is 18.4 Å². The molecule has 2 nitrogen and oxygen atoms in total. The number of aliphatic hydroxyl groups excluding tert-OH is 1. The molecule has 0 aliphatic rings. The number of hydrogen-bond donors (Lipinski definition) is 2. The lowest BCUT2D eigenvalue weighted by Gasteiger charge is -2.20. The SMILES string of the molecule is CCCC[C@@H](O)[C@@H](N)c1cc(F)ccc1C. The number of hydrogen-bond acceptors (Lipinski definition) is 2. The Hall–Kier alpha value is -0.930. The summed E-state index contributed by atoms with van der Waals surface area (Å²) in [5.74, 6) is -0.307. The zero-order valence-electron chi connectivity index (χ0n) is 9.91. The van der Waals surface area contributed by atoms with Crippen molar-refractivity contribution >= 4 is 0 Å². The lowest BCUT2D eigenvalue weighted by Crippen LogP contribution is -2.26. The Kier molecular flexibility index (Phi) is 4.90. The number of aliphatic hydroxyl groups is 1. The van der Waals surface area contributed by atoms with E-state index in [1.54, 1.807) is 6.07 Å². The van der Waals surface area contributed by atoms with Gasteiger partial charge in [-0.25, -0.2) is 4.39 Å². The number of unbranched alkanes of at least 4 members (excludes halogenated alkanes) is 1. The van der Waals surface area contributed by atoms with Crippen LogP contribution >= 0.6 is 0 Å². The third-order valence-corrected chi connectivity index (χ3v) is 2.87. The average molecular weight is 225 g/mol. The second-order valence-electron chi connectivity index (χ2n) is 4.24. The molecule has 1 rings (SSSR count). The molecule has 0 aromatic heterocycles. The minimum absolute atomic E-state index is 0.307. The summed E-state index contributed by atoms with van der Waals surface area (Å²) in [4.78, 5) is 0. The molecular weight excluding hydrogens is 205 g/mol. The highest BCUT2D eigenvalue weighted by Crippen LogP contribution is 2.22. The highest BCUT2D eigenvalue weighted by Gasteiger charge is 2.18. The van der Waals surface area contributed by atoms with Crippen molar-refractivity contribution < 1.29 is 9.50 Å². The molecule has 0 fully saturated rings. The Balaban J connectivity index is 2.78. The van der Waals surface area contributed by atoms with Gasteiger partial charge in [-0.15, -0.1) is 0 Å². The van der Waals surface area contributed by atoms with Gasteiger partial charge in [0.2, 0.25) is 0 Å². The summed E-state index contributed by atoms with van der Waals surface area (Å²) in [5, 5.41) is 9.87. The molecule has 0 bridgehead atoms. The fourth-order valence-corrected chi connectivity index (χ4v) is 1.77. The molecule has 0 unspecified atom stereocenters. The standard InChI is InChI=1S/C13H20FNO/c1-3-4-5-12(16)13(15)11-8-10(14)7-6-9(11)2/h6-8,12-13,16H,3-5,15H2,1-2H3/t12-,13+/m1/s1. The Morgan fingerprint density at radius 1 is 1.44 bits per heavy atom. The average Bonchev–Trinajstić information content (AvgIpc) is 2.28. The largest absolute Gasteiger partial charge is 0.391 e. The summed E-state index contributed by atoms with van der Waals surface area (Å²) in [5.41, 5.74) is 7.55. The van der Waals surface area contributed by atoms with Gasteiger partial charge in [0.15, 0.2) is 0 Å². The maximum absolute atomic E-state index is 13.1. The van der Waals surface area contributed by atoms with Gasteiger partial charge >= 0.3 is 0 Å². The predicted octanol–water partition coefficient (Wildman–Crippen LogP) is 2.69. The van der Waals surface area contributed by atoms with Crippen LogP contribution in [-0.2, 0) is 0 Å². The molecule has 3 N–H and O–H groups in total. The van der Waals surface area contributed by atoms with Crippen molar-refractivity contribution in [1.82, 2.24) is 0 Å². The summed E-state index contributed by atoms with van der Waals surface area (Å²) < 4.78 is 13.1. The van der Waals surface area contributed by atoms with E-state index in [1.165, 1.54) is 12.1 Å². The van der Waals surface area contributed by atoms with Gasteiger partial charge in [-0.05, 0) is 36.6 Å². The number of benzene rings is 1. The van der Waals surface area contributed by atoms with Crippen LogP contribution in [0.25, 0.3) is 0 Å². The molecule has 0 spiro atoms. The van der Waals surface area contributed by atoms with E-state index in [4.69, 9.17) is 5.73 Å². The van der Waals surface area contributed by atoms with Crippen molar-refractivity contribution in [3.8, 4) is 0 Å². The third-order valence-electron chi connectivity index (χ3n) is 2.87. The molecular formula is C13H20FNO. The first-order chi connectivity index (χ1) is 7.56. The minimum atomic E-state index is -0.597. The van der Waals surface area contributed by atoms with Gasteiger partial charge in [-0.3, -0.25) is 0 Å². The van der Waals surface area contributed by atoms with E-state index in [-0.39, 0.29) is 5.82 Å². The molecule has 2 atom stereocenters. The van der Waals surface area contributed by atoms with E-state index in [2.05, 4.69) is 6.92 Å². The predicted molar refractivity (Wildman–Crippen MR) is 63.6 cm³/mol. The normalized spacial score (nSPS) is 14.8. The van der Waals surface area contributed by atoms with Gasteiger partial charge in [0.05, 0.1) is 12.1 Å². The van der Waals surface area contributed by atoms with Gasteiger partial charge in [-0.2, -0.15) is 0 Å². The zero-order valence-corrected chi connectivity index (χ0v) is 9.91. The van der Waals surface area contributed by atoms with Crippen molar-refractivity contribution in [2.45, 2.75) is 45.3 Å². The molecule has 3 heteroatoms. The molecule has 16 heavy (non-hydrogen) atoms. The molecule has 0 saturated carbocycles. The fraction of sp³-hybridized carbons (Fsp3) is 0.538. The summed E-state index contributed by atoms with van der Waals surface area (Å²) in [6.07, 6.45) is 2.02. The van der Waals surface area contributed by atoms with Crippen LogP contribution in [0.2, 0.25) is 0 Å². The molecule has 90 valence electrons. The zero-order chi connectivity index (χ0) is 12.1. The van der Waals surface area contributed by atoms with Crippen molar-refractivity contribution in [3.63, 3.8) is 0 Å². The van der Waals surface area contributed by atoms with Crippen LogP contribution in [0.1, 0.15) is 43.4 Å². The summed E-state index contributed by atoms with van der Waals surface area (Å²) in [6.45, 7) is 3.94. The lowest BCUT2D eigenvalue weighted by molar-refractivity contribution is 0.132. The second kappa shape index (κ2) is 5.97. The quantitative estimate of drug-likeness (QED) is 0.809. The van der Waals surface area contributed by atoms with Gasteiger partial charge in [0.1, 0.15) is 5.82 Å². The number of halogens is 1. The van der Waals surface area contributed by atoms with Gasteiger partial charge in [0.25, 0.3) is 0 Å². The molecule has 0 amide bonds. The minimum Gasteiger partial charge on any atom is -0.391 e. The first-order valence-corrected chi connectivity index (χ1v) is 5.76. The maximum atomic E-state index is 13.1. The van der Waals surface area contributed by atoms with Gasteiger partial charge in [0, 0.05) is 0 Å². The molecule has 1 aromatic rings. The van der Waals surface area contributed by atoms with E-state index in [0.29, 0.717) is 12.0 Å². The van der Waals surface area contributed by atoms with E-state index >= 15 is 0 Å². The van der Waals surface area contributed by atoms with E-state index < -0.39 is 12.1 Å². The smallest absolute Gasteiger partial charge is 0.123 e. The van der Waals surface area contributed by atoms with Crippen LogP contribution in [0.3, 0.4) is 0 Å². The maximum Gasteiger partial charge on any atom is 0.123 e. The highest BCUT2D eigenvalue weighted by molar-refractivity contribution is 5.30. The molecule has 0 heterocycles. The van der Waals surface area contributed by atoms with Crippen LogP contribution < -0.4 is 5.73 Å². The Bertz CT molecular complexity index is 341. The van der Waals surface area contributed by atoms with Crippen molar-refractivity contribution in [2.75, 3.05) is 0 Å². The third kappa shape index (κ3) is 3.29. The van der Waals surface area contributed by atoms with Crippen LogP contribution in [0.5, 0.6) is 0 Å². The van der Waals surface area contributed by atoms with Crippen LogP contribution in [0.15, 0.2) is 18.2 Å². The molecule has 0 radical (unpaired) electrons. The summed E-state index contributed by atoms with van der Waals surface area (Å²) in [6, 6.07) is 4.01. The Morgan fingerprint density at radius 3 is 2.75 bits per heavy atom. The fourth-order valence-electron chi connectivity index (χ4n) is 1.77. The Labute approximate surface area is 96.3 Å². The van der Waals surface area contributed by atoms with Crippen LogP contribution in [0.4, 0.5) is 4.39 Å². The Morgan fingerprint density at radius 2 is 2.12 bits per heavy atom. The molecule has 0 saturated heterocycles. The number of rotatable bonds is 5. The lowest BCUT2D eigenvalue weighted by atomic mass is 9.95. The molecule has 0 aliphatic carbocycles. The van der Waals surface area contributed by atoms with Gasteiger partial charge in [-0.1, -0.05) is 25.8 Å². The number of aryl methyl sites for hydroxylation is 1. The van der Waals surface area contributed by atoms with Crippen molar-refractivity contribution in [2.24, 2.45) is 5.73 Å². The highest BCUT2D eigenvalue weighted by atomic mass is 19.1. The van der Waals surface area contributed by atoms with Crippen molar-refractivity contribution in [1.29, 1.82) is 0 Å².